The van der Waals surface area contributed by atoms with Gasteiger partial charge in [-0.1, -0.05) is 19.0 Å². The van der Waals surface area contributed by atoms with E-state index < -0.39 is 0 Å². The van der Waals surface area contributed by atoms with Crippen LogP contribution in [0.1, 0.15) is 53.3 Å². The van der Waals surface area contributed by atoms with E-state index in [4.69, 9.17) is 4.52 Å². The average Bonchev–Trinajstić information content (AvgIpc) is 2.95. The molecule has 6 heteroatoms. The number of amides is 1. The van der Waals surface area contributed by atoms with Crippen molar-refractivity contribution in [1.82, 2.24) is 15.5 Å². The Morgan fingerprint density at radius 2 is 2.09 bits per heavy atom. The second kappa shape index (κ2) is 7.05. The Bertz CT molecular complexity index is 626. The molecule has 0 radical (unpaired) electrons. The van der Waals surface area contributed by atoms with Gasteiger partial charge in [0.2, 0.25) is 5.91 Å². The smallest absolute Gasteiger partial charge is 0.226 e. The molecule has 5 nitrogen and oxygen atoms in total. The van der Waals surface area contributed by atoms with E-state index in [1.165, 1.54) is 4.88 Å². The van der Waals surface area contributed by atoms with Gasteiger partial charge in [-0.3, -0.25) is 4.79 Å². The predicted molar refractivity (Wildman–Crippen MR) is 86.9 cm³/mol. The van der Waals surface area contributed by atoms with Gasteiger partial charge in [-0.25, -0.2) is 4.98 Å². The fraction of sp³-hybridized carbons (Fsp3) is 0.562. The van der Waals surface area contributed by atoms with E-state index in [1.54, 1.807) is 17.4 Å². The van der Waals surface area contributed by atoms with Crippen molar-refractivity contribution in [3.63, 3.8) is 0 Å². The zero-order chi connectivity index (χ0) is 16.3. The first-order valence-corrected chi connectivity index (χ1v) is 8.32. The predicted octanol–water partition coefficient (Wildman–Crippen LogP) is 3.50. The summed E-state index contributed by atoms with van der Waals surface area (Å²) in [5.41, 5.74) is 1.69. The summed E-state index contributed by atoms with van der Waals surface area (Å²) in [5, 5.41) is 7.94. The van der Waals surface area contributed by atoms with Crippen LogP contribution < -0.4 is 5.32 Å². The largest absolute Gasteiger partial charge is 0.361 e. The second-order valence-corrected chi connectivity index (χ2v) is 7.28. The summed E-state index contributed by atoms with van der Waals surface area (Å²) in [6, 6.07) is 1.74. The monoisotopic (exact) mass is 321 g/mol. The van der Waals surface area contributed by atoms with E-state index in [1.807, 2.05) is 13.8 Å². The van der Waals surface area contributed by atoms with Crippen LogP contribution in [0.2, 0.25) is 0 Å². The zero-order valence-electron chi connectivity index (χ0n) is 13.8. The average molecular weight is 321 g/mol. The lowest BCUT2D eigenvalue weighted by atomic mass is 10.0. The highest BCUT2D eigenvalue weighted by atomic mass is 32.1. The molecule has 120 valence electrons. The minimum Gasteiger partial charge on any atom is -0.361 e. The van der Waals surface area contributed by atoms with Crippen molar-refractivity contribution in [1.29, 1.82) is 0 Å². The quantitative estimate of drug-likeness (QED) is 0.884. The Kier molecular flexibility index (Phi) is 5.34. The third-order valence-corrected chi connectivity index (χ3v) is 4.59. The van der Waals surface area contributed by atoms with Crippen LogP contribution >= 0.6 is 11.3 Å². The minimum absolute atomic E-state index is 0.0436. The number of aryl methyl sites for hydroxylation is 3. The van der Waals surface area contributed by atoms with Crippen LogP contribution in [0, 0.1) is 26.7 Å². The van der Waals surface area contributed by atoms with Gasteiger partial charge in [-0.15, -0.1) is 11.3 Å². The molecular weight excluding hydrogens is 298 g/mol. The molecule has 0 saturated heterocycles. The molecule has 0 aliphatic carbocycles. The Labute approximate surface area is 135 Å². The first-order valence-electron chi connectivity index (χ1n) is 7.50. The number of rotatable bonds is 6. The van der Waals surface area contributed by atoms with Crippen molar-refractivity contribution >= 4 is 17.2 Å². The maximum absolute atomic E-state index is 12.3. The van der Waals surface area contributed by atoms with Crippen LogP contribution in [0.15, 0.2) is 10.6 Å². The van der Waals surface area contributed by atoms with Crippen molar-refractivity contribution in [2.75, 3.05) is 0 Å². The van der Waals surface area contributed by atoms with E-state index in [-0.39, 0.29) is 18.4 Å². The molecule has 1 atom stereocenters. The van der Waals surface area contributed by atoms with Crippen LogP contribution in [-0.2, 0) is 11.2 Å². The van der Waals surface area contributed by atoms with E-state index in [2.05, 4.69) is 36.2 Å². The minimum atomic E-state index is -0.0514. The highest BCUT2D eigenvalue weighted by Gasteiger charge is 2.21. The van der Waals surface area contributed by atoms with Crippen LogP contribution in [0.4, 0.5) is 0 Å². The zero-order valence-corrected chi connectivity index (χ0v) is 14.6. The molecule has 2 aromatic rings. The number of aromatic nitrogens is 2. The van der Waals surface area contributed by atoms with E-state index in [0.717, 1.165) is 17.1 Å². The number of nitrogens with zero attached hydrogens (tertiary/aromatic N) is 2. The van der Waals surface area contributed by atoms with Gasteiger partial charge >= 0.3 is 0 Å². The number of hydrogen-bond donors (Lipinski definition) is 1. The molecule has 0 saturated carbocycles. The van der Waals surface area contributed by atoms with Crippen molar-refractivity contribution in [2.45, 2.75) is 53.5 Å². The van der Waals surface area contributed by atoms with Gasteiger partial charge in [0, 0.05) is 10.9 Å². The summed E-state index contributed by atoms with van der Waals surface area (Å²) < 4.78 is 5.00. The van der Waals surface area contributed by atoms with Gasteiger partial charge < -0.3 is 9.84 Å². The lowest BCUT2D eigenvalue weighted by molar-refractivity contribution is -0.121. The van der Waals surface area contributed by atoms with Gasteiger partial charge in [0.25, 0.3) is 0 Å². The van der Waals surface area contributed by atoms with Crippen LogP contribution in [0.5, 0.6) is 0 Å². The topological polar surface area (TPSA) is 68.0 Å². The maximum atomic E-state index is 12.3. The lowest BCUT2D eigenvalue weighted by Crippen LogP contribution is -2.30. The summed E-state index contributed by atoms with van der Waals surface area (Å²) >= 11 is 1.66. The first-order chi connectivity index (χ1) is 10.3. The number of hydrogen-bond acceptors (Lipinski definition) is 5. The summed E-state index contributed by atoms with van der Waals surface area (Å²) in [7, 11) is 0. The van der Waals surface area contributed by atoms with Gasteiger partial charge in [-0.05, 0) is 33.1 Å². The highest BCUT2D eigenvalue weighted by Crippen LogP contribution is 2.27. The normalized spacial score (nSPS) is 12.6. The molecule has 0 aromatic carbocycles. The fourth-order valence-electron chi connectivity index (χ4n) is 2.25. The Morgan fingerprint density at radius 3 is 2.59 bits per heavy atom. The van der Waals surface area contributed by atoms with Gasteiger partial charge in [0.15, 0.2) is 0 Å². The molecule has 1 unspecified atom stereocenters. The molecule has 0 bridgehead atoms. The Morgan fingerprint density at radius 1 is 1.36 bits per heavy atom. The molecule has 0 aliphatic rings. The van der Waals surface area contributed by atoms with Crippen molar-refractivity contribution in [2.24, 2.45) is 5.92 Å². The third-order valence-electron chi connectivity index (χ3n) is 3.40. The molecule has 2 rings (SSSR count). The SMILES string of the molecule is Cc1cc(CC(=O)NC(CC(C)C)c2nc(C)c(C)s2)no1. The number of carbonyl (C=O) groups is 1. The summed E-state index contributed by atoms with van der Waals surface area (Å²) in [5.74, 6) is 1.14. The summed E-state index contributed by atoms with van der Waals surface area (Å²) in [4.78, 5) is 18.1. The van der Waals surface area contributed by atoms with E-state index >= 15 is 0 Å². The lowest BCUT2D eigenvalue weighted by Gasteiger charge is -2.18. The summed E-state index contributed by atoms with van der Waals surface area (Å²) in [6.45, 7) is 10.2. The molecule has 0 spiro atoms. The number of carbonyl (C=O) groups excluding carboxylic acids is 1. The van der Waals surface area contributed by atoms with Gasteiger partial charge in [-0.2, -0.15) is 0 Å². The van der Waals surface area contributed by atoms with Crippen LogP contribution in [0.3, 0.4) is 0 Å². The Balaban J connectivity index is 2.07. The molecule has 0 aliphatic heterocycles. The molecule has 2 heterocycles. The highest BCUT2D eigenvalue weighted by molar-refractivity contribution is 7.11. The fourth-order valence-corrected chi connectivity index (χ4v) is 3.24. The maximum Gasteiger partial charge on any atom is 0.226 e. The molecule has 1 N–H and O–H groups in total. The van der Waals surface area contributed by atoms with Crippen LogP contribution in [-0.4, -0.2) is 16.0 Å². The third kappa shape index (κ3) is 4.40. The summed E-state index contributed by atoms with van der Waals surface area (Å²) in [6.07, 6.45) is 1.10. The van der Waals surface area contributed by atoms with Crippen LogP contribution in [0.25, 0.3) is 0 Å². The standard InChI is InChI=1S/C16H23N3O2S/c1-9(2)6-14(16-17-11(4)12(5)22-16)18-15(20)8-13-7-10(3)21-19-13/h7,9,14H,6,8H2,1-5H3,(H,18,20). The van der Waals surface area contributed by atoms with Gasteiger partial charge in [0.1, 0.15) is 10.8 Å². The number of thiazole rings is 1. The number of nitrogens with one attached hydrogen (secondary N) is 1. The Hall–Kier alpha value is -1.69. The molecule has 2 aromatic heterocycles. The molecule has 0 fully saturated rings. The van der Waals surface area contributed by atoms with Crippen molar-refractivity contribution < 1.29 is 9.32 Å². The van der Waals surface area contributed by atoms with Crippen molar-refractivity contribution in [3.8, 4) is 0 Å². The first kappa shape index (κ1) is 16.7. The molecular formula is C16H23N3O2S. The van der Waals surface area contributed by atoms with Crippen molar-refractivity contribution in [3.05, 3.63) is 33.1 Å². The molecule has 1 amide bonds. The second-order valence-electron chi connectivity index (χ2n) is 6.05. The van der Waals surface area contributed by atoms with Gasteiger partial charge in [0.05, 0.1) is 23.9 Å². The van der Waals surface area contributed by atoms with E-state index in [0.29, 0.717) is 17.4 Å². The molecule has 22 heavy (non-hydrogen) atoms. The van der Waals surface area contributed by atoms with E-state index in [9.17, 15) is 4.79 Å².